The Morgan fingerprint density at radius 2 is 1.88 bits per heavy atom. The Kier molecular flexibility index (Phi) is 7.64. The highest BCUT2D eigenvalue weighted by molar-refractivity contribution is 7.99. The topological polar surface area (TPSA) is 93.6 Å². The van der Waals surface area contributed by atoms with Gasteiger partial charge in [-0.3, -0.25) is 9.59 Å². The molecular weight excluding hydrogens is 452 g/mol. The minimum absolute atomic E-state index is 0.0123. The average Bonchev–Trinajstić information content (AvgIpc) is 3.24. The number of hydrogen-bond acceptors (Lipinski definition) is 7. The zero-order valence-electron chi connectivity index (χ0n) is 19.1. The van der Waals surface area contributed by atoms with E-state index in [4.69, 9.17) is 9.47 Å². The maximum absolute atomic E-state index is 12.8. The summed E-state index contributed by atoms with van der Waals surface area (Å²) in [4.78, 5) is 35.7. The number of amides is 2. The van der Waals surface area contributed by atoms with Crippen molar-refractivity contribution in [1.82, 2.24) is 14.9 Å². The fraction of sp³-hybridized carbons (Fsp3) is 0.280. The number of carbonyl (C=O) groups excluding carboxylic acids is 2. The third kappa shape index (κ3) is 5.85. The number of anilines is 1. The second kappa shape index (κ2) is 11.0. The van der Waals surface area contributed by atoms with Gasteiger partial charge in [-0.1, -0.05) is 23.9 Å². The Morgan fingerprint density at radius 3 is 2.65 bits per heavy atom. The number of nitrogens with zero attached hydrogens (tertiary/aromatic N) is 3. The lowest BCUT2D eigenvalue weighted by Crippen LogP contribution is -2.30. The van der Waals surface area contributed by atoms with Crippen LogP contribution in [0, 0.1) is 5.92 Å². The van der Waals surface area contributed by atoms with E-state index in [1.54, 1.807) is 37.6 Å². The number of pyridine rings is 2. The third-order valence-corrected chi connectivity index (χ3v) is 6.44. The molecule has 176 valence electrons. The first-order valence-corrected chi connectivity index (χ1v) is 11.7. The van der Waals surface area contributed by atoms with Crippen LogP contribution in [0.4, 0.5) is 5.69 Å². The van der Waals surface area contributed by atoms with E-state index in [-0.39, 0.29) is 18.2 Å². The van der Waals surface area contributed by atoms with Crippen LogP contribution >= 0.6 is 11.8 Å². The zero-order valence-corrected chi connectivity index (χ0v) is 19.9. The number of hydrogen-bond donors (Lipinski definition) is 1. The lowest BCUT2D eigenvalue weighted by molar-refractivity contribution is -0.128. The van der Waals surface area contributed by atoms with Crippen LogP contribution in [0.3, 0.4) is 0 Å². The molecular formula is C25H26N4O4S. The van der Waals surface area contributed by atoms with Crippen molar-refractivity contribution in [3.8, 4) is 11.5 Å². The Bertz CT molecular complexity index is 1160. The number of carbonyl (C=O) groups is 2. The van der Waals surface area contributed by atoms with E-state index < -0.39 is 5.92 Å². The summed E-state index contributed by atoms with van der Waals surface area (Å²) in [5.41, 5.74) is 1.68. The van der Waals surface area contributed by atoms with Crippen molar-refractivity contribution in [2.45, 2.75) is 22.9 Å². The number of methoxy groups -OCH3 is 2. The molecule has 0 spiro atoms. The molecule has 0 bridgehead atoms. The summed E-state index contributed by atoms with van der Waals surface area (Å²) >= 11 is 1.42. The zero-order chi connectivity index (χ0) is 23.9. The molecule has 0 saturated carbocycles. The first-order valence-electron chi connectivity index (χ1n) is 10.9. The van der Waals surface area contributed by atoms with Crippen molar-refractivity contribution in [2.24, 2.45) is 5.92 Å². The van der Waals surface area contributed by atoms with E-state index in [9.17, 15) is 9.59 Å². The number of benzene rings is 1. The van der Waals surface area contributed by atoms with E-state index in [0.29, 0.717) is 36.7 Å². The van der Waals surface area contributed by atoms with Crippen LogP contribution in [0.1, 0.15) is 12.0 Å². The average molecular weight is 479 g/mol. The minimum atomic E-state index is -0.391. The minimum Gasteiger partial charge on any atom is -0.493 e. The fourth-order valence-electron chi connectivity index (χ4n) is 3.77. The van der Waals surface area contributed by atoms with Gasteiger partial charge in [-0.25, -0.2) is 9.97 Å². The van der Waals surface area contributed by atoms with Crippen molar-refractivity contribution >= 4 is 29.3 Å². The van der Waals surface area contributed by atoms with Crippen LogP contribution in [0.5, 0.6) is 11.5 Å². The van der Waals surface area contributed by atoms with Crippen LogP contribution in [0.2, 0.25) is 0 Å². The number of rotatable bonds is 9. The van der Waals surface area contributed by atoms with E-state index in [1.165, 1.54) is 11.8 Å². The van der Waals surface area contributed by atoms with Gasteiger partial charge in [-0.05, 0) is 48.4 Å². The molecule has 1 saturated heterocycles. The number of ether oxygens (including phenoxy) is 2. The molecule has 1 aromatic carbocycles. The van der Waals surface area contributed by atoms with Gasteiger partial charge in [-0.2, -0.15) is 0 Å². The second-order valence-corrected chi connectivity index (χ2v) is 8.86. The quantitative estimate of drug-likeness (QED) is 0.501. The molecule has 8 nitrogen and oxygen atoms in total. The molecule has 1 unspecified atom stereocenters. The molecule has 2 aromatic heterocycles. The van der Waals surface area contributed by atoms with E-state index in [2.05, 4.69) is 15.3 Å². The molecule has 2 amide bonds. The van der Waals surface area contributed by atoms with Crippen molar-refractivity contribution in [1.29, 1.82) is 0 Å². The molecule has 1 N–H and O–H groups in total. The molecule has 1 atom stereocenters. The Hall–Kier alpha value is -3.59. The number of aromatic nitrogens is 2. The first kappa shape index (κ1) is 23.6. The maximum atomic E-state index is 12.8. The maximum Gasteiger partial charge on any atom is 0.229 e. The highest BCUT2D eigenvalue weighted by atomic mass is 32.2. The lowest BCUT2D eigenvalue weighted by atomic mass is 10.1. The van der Waals surface area contributed by atoms with Gasteiger partial charge in [-0.15, -0.1) is 0 Å². The van der Waals surface area contributed by atoms with Gasteiger partial charge in [0.25, 0.3) is 0 Å². The van der Waals surface area contributed by atoms with Crippen LogP contribution < -0.4 is 14.8 Å². The predicted molar refractivity (Wildman–Crippen MR) is 129 cm³/mol. The van der Waals surface area contributed by atoms with Crippen molar-refractivity contribution in [3.05, 3.63) is 66.5 Å². The Balaban J connectivity index is 1.32. The third-order valence-electron chi connectivity index (χ3n) is 5.55. The molecule has 3 heterocycles. The van der Waals surface area contributed by atoms with Gasteiger partial charge < -0.3 is 19.7 Å². The summed E-state index contributed by atoms with van der Waals surface area (Å²) in [6.07, 6.45) is 4.25. The molecule has 1 aliphatic heterocycles. The fourth-order valence-corrected chi connectivity index (χ4v) is 4.54. The standard InChI is InChI=1S/C25H26N4O4S/c1-32-20-7-6-17(13-21(20)33-2)9-12-29-16-18(14-24(29)30)25(31)28-19-8-11-27-23(15-19)34-22-5-3-4-10-26-22/h3-8,10-11,13,15,18H,9,12,14,16H2,1-2H3,(H,27,28,31). The monoisotopic (exact) mass is 478 g/mol. The molecule has 1 aliphatic rings. The summed E-state index contributed by atoms with van der Waals surface area (Å²) < 4.78 is 10.6. The normalized spacial score (nSPS) is 15.3. The summed E-state index contributed by atoms with van der Waals surface area (Å²) in [5, 5.41) is 4.49. The van der Waals surface area contributed by atoms with Crippen molar-refractivity contribution < 1.29 is 19.1 Å². The summed E-state index contributed by atoms with van der Waals surface area (Å²) in [6, 6.07) is 14.9. The summed E-state index contributed by atoms with van der Waals surface area (Å²) in [5.74, 6) is 0.752. The van der Waals surface area contributed by atoms with Gasteiger partial charge in [0.15, 0.2) is 11.5 Å². The summed E-state index contributed by atoms with van der Waals surface area (Å²) in [6.45, 7) is 0.941. The lowest BCUT2D eigenvalue weighted by Gasteiger charge is -2.17. The smallest absolute Gasteiger partial charge is 0.229 e. The Morgan fingerprint density at radius 1 is 1.06 bits per heavy atom. The molecule has 3 aromatic rings. The van der Waals surface area contributed by atoms with Crippen molar-refractivity contribution in [3.63, 3.8) is 0 Å². The van der Waals surface area contributed by atoms with Gasteiger partial charge >= 0.3 is 0 Å². The SMILES string of the molecule is COc1ccc(CCN2CC(C(=O)Nc3ccnc(Sc4ccccn4)c3)CC2=O)cc1OC. The van der Waals surface area contributed by atoms with Gasteiger partial charge in [0, 0.05) is 37.6 Å². The van der Waals surface area contributed by atoms with Gasteiger partial charge in [0.05, 0.1) is 20.1 Å². The van der Waals surface area contributed by atoms with Crippen LogP contribution in [-0.2, 0) is 16.0 Å². The second-order valence-electron chi connectivity index (χ2n) is 7.82. The van der Waals surface area contributed by atoms with Crippen LogP contribution in [0.15, 0.2) is 71.0 Å². The Labute approximate surface area is 202 Å². The molecule has 0 radical (unpaired) electrons. The van der Waals surface area contributed by atoms with E-state index >= 15 is 0 Å². The molecule has 0 aliphatic carbocycles. The molecule has 1 fully saturated rings. The predicted octanol–water partition coefficient (Wildman–Crippen LogP) is 3.67. The largest absolute Gasteiger partial charge is 0.493 e. The summed E-state index contributed by atoms with van der Waals surface area (Å²) in [7, 11) is 3.19. The molecule has 34 heavy (non-hydrogen) atoms. The van der Waals surface area contributed by atoms with Gasteiger partial charge in [0.1, 0.15) is 10.1 Å². The van der Waals surface area contributed by atoms with Gasteiger partial charge in [0.2, 0.25) is 11.8 Å². The van der Waals surface area contributed by atoms with Crippen LogP contribution in [-0.4, -0.2) is 54.0 Å². The molecule has 4 rings (SSSR count). The number of likely N-dealkylation sites (tertiary alicyclic amines) is 1. The molecule has 9 heteroatoms. The first-order chi connectivity index (χ1) is 16.6. The highest BCUT2D eigenvalue weighted by Crippen LogP contribution is 2.29. The van der Waals surface area contributed by atoms with Crippen molar-refractivity contribution in [2.75, 3.05) is 32.6 Å². The highest BCUT2D eigenvalue weighted by Gasteiger charge is 2.34. The van der Waals surface area contributed by atoms with E-state index in [0.717, 1.165) is 15.6 Å². The number of nitrogens with one attached hydrogen (secondary N) is 1. The van der Waals surface area contributed by atoms with Crippen LogP contribution in [0.25, 0.3) is 0 Å². The van der Waals surface area contributed by atoms with E-state index in [1.807, 2.05) is 42.5 Å².